The lowest BCUT2D eigenvalue weighted by molar-refractivity contribution is 0.468. The summed E-state index contributed by atoms with van der Waals surface area (Å²) in [6.07, 6.45) is 3.90. The molecule has 1 atom stereocenters. The standard InChI is InChI=1S/C12H24ClN/c1-10(2)6-5-7-12(4)14-9-11(3)8-13/h8,10,12,14H,5-7,9H2,1-4H3. The molecule has 1 unspecified atom stereocenters. The molecule has 1 nitrogen and oxygen atoms in total. The lowest BCUT2D eigenvalue weighted by atomic mass is 10.0. The quantitative estimate of drug-likeness (QED) is 0.682. The van der Waals surface area contributed by atoms with E-state index in [1.165, 1.54) is 24.8 Å². The molecule has 0 rings (SSSR count). The molecule has 0 bridgehead atoms. The minimum Gasteiger partial charge on any atom is -0.311 e. The van der Waals surface area contributed by atoms with Gasteiger partial charge < -0.3 is 5.32 Å². The van der Waals surface area contributed by atoms with Crippen LogP contribution in [0, 0.1) is 5.92 Å². The molecule has 0 aliphatic heterocycles. The lowest BCUT2D eigenvalue weighted by Crippen LogP contribution is -2.27. The van der Waals surface area contributed by atoms with Crippen LogP contribution in [0.2, 0.25) is 0 Å². The van der Waals surface area contributed by atoms with Crippen LogP contribution in [0.3, 0.4) is 0 Å². The maximum absolute atomic E-state index is 5.58. The highest BCUT2D eigenvalue weighted by molar-refractivity contribution is 6.25. The molecule has 0 aromatic heterocycles. The van der Waals surface area contributed by atoms with Crippen LogP contribution in [0.5, 0.6) is 0 Å². The highest BCUT2D eigenvalue weighted by atomic mass is 35.5. The minimum atomic E-state index is 0.598. The monoisotopic (exact) mass is 217 g/mol. The molecule has 0 aliphatic carbocycles. The zero-order valence-electron chi connectivity index (χ0n) is 9.94. The van der Waals surface area contributed by atoms with Gasteiger partial charge in [-0.3, -0.25) is 0 Å². The Kier molecular flexibility index (Phi) is 8.30. The number of hydrogen-bond acceptors (Lipinski definition) is 1. The van der Waals surface area contributed by atoms with Gasteiger partial charge in [-0.25, -0.2) is 0 Å². The van der Waals surface area contributed by atoms with Crippen LogP contribution in [0.25, 0.3) is 0 Å². The van der Waals surface area contributed by atoms with Crippen molar-refractivity contribution in [3.63, 3.8) is 0 Å². The molecular weight excluding hydrogens is 194 g/mol. The van der Waals surface area contributed by atoms with E-state index >= 15 is 0 Å². The van der Waals surface area contributed by atoms with Gasteiger partial charge in [0.05, 0.1) is 0 Å². The fourth-order valence-electron chi connectivity index (χ4n) is 1.31. The first-order valence-electron chi connectivity index (χ1n) is 5.55. The second kappa shape index (κ2) is 8.31. The summed E-state index contributed by atoms with van der Waals surface area (Å²) < 4.78 is 0. The van der Waals surface area contributed by atoms with Crippen molar-refractivity contribution in [2.45, 2.75) is 53.0 Å². The van der Waals surface area contributed by atoms with Crippen molar-refractivity contribution in [1.29, 1.82) is 0 Å². The predicted molar refractivity (Wildman–Crippen MR) is 65.8 cm³/mol. The van der Waals surface area contributed by atoms with Crippen molar-refractivity contribution in [3.8, 4) is 0 Å². The second-order valence-corrected chi connectivity index (χ2v) is 4.78. The van der Waals surface area contributed by atoms with E-state index in [4.69, 9.17) is 11.6 Å². The van der Waals surface area contributed by atoms with E-state index in [0.29, 0.717) is 6.04 Å². The van der Waals surface area contributed by atoms with E-state index < -0.39 is 0 Å². The summed E-state index contributed by atoms with van der Waals surface area (Å²) in [6.45, 7) is 9.74. The Balaban J connectivity index is 3.41. The molecule has 0 saturated carbocycles. The van der Waals surface area contributed by atoms with E-state index in [9.17, 15) is 0 Å². The number of rotatable bonds is 7. The molecule has 1 N–H and O–H groups in total. The van der Waals surface area contributed by atoms with Gasteiger partial charge in [-0.1, -0.05) is 38.3 Å². The number of halogens is 1. The lowest BCUT2D eigenvalue weighted by Gasteiger charge is -2.14. The van der Waals surface area contributed by atoms with Crippen molar-refractivity contribution in [2.24, 2.45) is 5.92 Å². The van der Waals surface area contributed by atoms with Crippen LogP contribution < -0.4 is 5.32 Å². The second-order valence-electron chi connectivity index (χ2n) is 4.56. The first-order chi connectivity index (χ1) is 6.56. The smallest absolute Gasteiger partial charge is 0.0176 e. The van der Waals surface area contributed by atoms with E-state index in [2.05, 4.69) is 26.1 Å². The summed E-state index contributed by atoms with van der Waals surface area (Å²) in [5, 5.41) is 3.45. The molecule has 0 aromatic rings. The predicted octanol–water partition coefficient (Wildman–Crippen LogP) is 3.93. The third-order valence-corrected chi connectivity index (χ3v) is 2.71. The largest absolute Gasteiger partial charge is 0.311 e. The molecule has 0 saturated heterocycles. The normalized spacial score (nSPS) is 14.9. The van der Waals surface area contributed by atoms with E-state index in [-0.39, 0.29) is 0 Å². The van der Waals surface area contributed by atoms with Gasteiger partial charge in [0.2, 0.25) is 0 Å². The molecule has 0 aliphatic rings. The van der Waals surface area contributed by atoms with Gasteiger partial charge >= 0.3 is 0 Å². The van der Waals surface area contributed by atoms with Crippen molar-refractivity contribution in [1.82, 2.24) is 5.32 Å². The Morgan fingerprint density at radius 1 is 1.29 bits per heavy atom. The van der Waals surface area contributed by atoms with Crippen LogP contribution in [0.4, 0.5) is 0 Å². The summed E-state index contributed by atoms with van der Waals surface area (Å²) in [4.78, 5) is 0. The molecule has 0 heterocycles. The molecule has 2 heteroatoms. The summed E-state index contributed by atoms with van der Waals surface area (Å²) in [5.74, 6) is 0.826. The molecule has 0 radical (unpaired) electrons. The Labute approximate surface area is 93.9 Å². The third-order valence-electron chi connectivity index (χ3n) is 2.33. The highest BCUT2D eigenvalue weighted by Crippen LogP contribution is 2.08. The van der Waals surface area contributed by atoms with Crippen LogP contribution in [0.1, 0.15) is 47.0 Å². The third kappa shape index (κ3) is 8.58. The average Bonchev–Trinajstić information content (AvgIpc) is 2.13. The maximum Gasteiger partial charge on any atom is 0.0176 e. The zero-order valence-corrected chi connectivity index (χ0v) is 10.7. The fraction of sp³-hybridized carbons (Fsp3) is 0.833. The Hall–Kier alpha value is -0.0100. The van der Waals surface area contributed by atoms with Crippen LogP contribution in [-0.4, -0.2) is 12.6 Å². The first-order valence-corrected chi connectivity index (χ1v) is 5.99. The molecular formula is C12H24ClN. The van der Waals surface area contributed by atoms with Gasteiger partial charge in [0, 0.05) is 18.1 Å². The van der Waals surface area contributed by atoms with Crippen LogP contribution >= 0.6 is 11.6 Å². The number of nitrogens with one attached hydrogen (secondary N) is 1. The fourth-order valence-corrected chi connectivity index (χ4v) is 1.39. The van der Waals surface area contributed by atoms with Crippen LogP contribution in [-0.2, 0) is 0 Å². The Morgan fingerprint density at radius 3 is 2.43 bits per heavy atom. The van der Waals surface area contributed by atoms with Gasteiger partial charge in [-0.2, -0.15) is 0 Å². The van der Waals surface area contributed by atoms with Gasteiger partial charge in [0.15, 0.2) is 0 Å². The molecule has 84 valence electrons. The van der Waals surface area contributed by atoms with E-state index in [1.54, 1.807) is 5.54 Å². The summed E-state index contributed by atoms with van der Waals surface area (Å²) in [5.41, 5.74) is 2.84. The van der Waals surface area contributed by atoms with Crippen molar-refractivity contribution in [3.05, 3.63) is 11.1 Å². The summed E-state index contributed by atoms with van der Waals surface area (Å²) in [6, 6.07) is 0.598. The highest BCUT2D eigenvalue weighted by Gasteiger charge is 2.01. The van der Waals surface area contributed by atoms with E-state index in [1.807, 2.05) is 6.92 Å². The first kappa shape index (κ1) is 14.0. The van der Waals surface area contributed by atoms with Gasteiger partial charge in [-0.15, -0.1) is 0 Å². The zero-order chi connectivity index (χ0) is 11.0. The van der Waals surface area contributed by atoms with Crippen LogP contribution in [0.15, 0.2) is 11.1 Å². The molecule has 0 aromatic carbocycles. The SMILES string of the molecule is CC(=CCl)CNC(C)CCCC(C)C. The topological polar surface area (TPSA) is 12.0 Å². The molecule has 0 spiro atoms. The van der Waals surface area contributed by atoms with Gasteiger partial charge in [0.1, 0.15) is 0 Å². The van der Waals surface area contributed by atoms with E-state index in [0.717, 1.165) is 12.5 Å². The Morgan fingerprint density at radius 2 is 1.93 bits per heavy atom. The molecule has 14 heavy (non-hydrogen) atoms. The van der Waals surface area contributed by atoms with Crippen molar-refractivity contribution >= 4 is 11.6 Å². The molecule has 0 fully saturated rings. The summed E-state index contributed by atoms with van der Waals surface area (Å²) >= 11 is 5.58. The van der Waals surface area contributed by atoms with Crippen molar-refractivity contribution < 1.29 is 0 Å². The summed E-state index contributed by atoms with van der Waals surface area (Å²) in [7, 11) is 0. The van der Waals surface area contributed by atoms with Gasteiger partial charge in [0.25, 0.3) is 0 Å². The minimum absolute atomic E-state index is 0.598. The van der Waals surface area contributed by atoms with Gasteiger partial charge in [-0.05, 0) is 31.8 Å². The molecule has 0 amide bonds. The maximum atomic E-state index is 5.58. The average molecular weight is 218 g/mol. The van der Waals surface area contributed by atoms with Crippen molar-refractivity contribution in [2.75, 3.05) is 6.54 Å². The number of hydrogen-bond donors (Lipinski definition) is 1. The Bertz CT molecular complexity index is 164.